The Hall–Kier alpha value is -3.87. The average molecular weight is 541 g/mol. The number of fused-ring (bicyclic) bond motifs is 3. The largest absolute Gasteiger partial charge is 0.342 e. The van der Waals surface area contributed by atoms with Crippen LogP contribution in [0.2, 0.25) is 5.02 Å². The number of halogens is 1. The van der Waals surface area contributed by atoms with Crippen molar-refractivity contribution in [2.75, 3.05) is 13.1 Å². The lowest BCUT2D eigenvalue weighted by atomic mass is 9.92. The zero-order chi connectivity index (χ0) is 27.5. The van der Waals surface area contributed by atoms with Gasteiger partial charge in [-0.3, -0.25) is 14.0 Å². The summed E-state index contributed by atoms with van der Waals surface area (Å²) in [5.74, 6) is -0.113. The number of carbonyl (C=O) groups is 1. The highest BCUT2D eigenvalue weighted by Crippen LogP contribution is 2.33. The summed E-state index contributed by atoms with van der Waals surface area (Å²) >= 11 is 6.11. The molecule has 3 N–H and O–H groups in total. The van der Waals surface area contributed by atoms with E-state index in [9.17, 15) is 9.59 Å². The van der Waals surface area contributed by atoms with Gasteiger partial charge in [0.15, 0.2) is 0 Å². The number of aromatic nitrogens is 2. The molecule has 0 spiro atoms. The van der Waals surface area contributed by atoms with Crippen LogP contribution in [-0.4, -0.2) is 33.3 Å². The fourth-order valence-electron chi connectivity index (χ4n) is 5.37. The fourth-order valence-corrected chi connectivity index (χ4v) is 5.50. The number of aromatic amines is 1. The van der Waals surface area contributed by atoms with E-state index >= 15 is 0 Å². The number of nitrogens with two attached hydrogens (primary N) is 1. The van der Waals surface area contributed by atoms with E-state index in [1.54, 1.807) is 28.7 Å². The van der Waals surface area contributed by atoms with Crippen molar-refractivity contribution in [3.63, 3.8) is 0 Å². The number of hydrogen-bond acceptors (Lipinski definition) is 3. The molecule has 0 saturated carbocycles. The average Bonchev–Trinajstić information content (AvgIpc) is 3.32. The summed E-state index contributed by atoms with van der Waals surface area (Å²) in [6.45, 7) is 5.08. The summed E-state index contributed by atoms with van der Waals surface area (Å²) in [6.07, 6.45) is 2.97. The van der Waals surface area contributed by atoms with E-state index < -0.39 is 0 Å². The van der Waals surface area contributed by atoms with Crippen LogP contribution in [0.4, 0.5) is 0 Å². The SMILES string of the molecule is CC(C)C(c1[nH]c2c3ccccc3cn2c(=O)c1Cc1ccccc1)N(CCCN)C(=O)c1ccc(Cl)cc1. The van der Waals surface area contributed by atoms with E-state index in [1.807, 2.05) is 65.7 Å². The first-order valence-electron chi connectivity index (χ1n) is 13.3. The predicted molar refractivity (Wildman–Crippen MR) is 159 cm³/mol. The Kier molecular flexibility index (Phi) is 7.87. The van der Waals surface area contributed by atoms with Crippen LogP contribution in [0.15, 0.2) is 89.9 Å². The third-order valence-electron chi connectivity index (χ3n) is 7.22. The van der Waals surface area contributed by atoms with Crippen LogP contribution in [0, 0.1) is 5.92 Å². The summed E-state index contributed by atoms with van der Waals surface area (Å²) in [7, 11) is 0. The fraction of sp³-hybridized carbons (Fsp3) is 0.250. The highest BCUT2D eigenvalue weighted by Gasteiger charge is 2.32. The molecule has 0 aliphatic heterocycles. The minimum absolute atomic E-state index is 0.00729. The molecule has 1 atom stereocenters. The molecule has 0 saturated heterocycles. The van der Waals surface area contributed by atoms with Crippen molar-refractivity contribution in [2.24, 2.45) is 11.7 Å². The second-order valence-corrected chi connectivity index (χ2v) is 10.7. The third kappa shape index (κ3) is 5.35. The molecule has 5 rings (SSSR count). The number of nitrogens with zero attached hydrogens (tertiary/aromatic N) is 2. The molecule has 2 aromatic heterocycles. The van der Waals surface area contributed by atoms with Crippen molar-refractivity contribution in [1.82, 2.24) is 14.3 Å². The maximum absolute atomic E-state index is 14.2. The summed E-state index contributed by atoms with van der Waals surface area (Å²) in [5.41, 5.74) is 9.54. The molecule has 2 heterocycles. The molecule has 3 aromatic carbocycles. The molecule has 200 valence electrons. The summed E-state index contributed by atoms with van der Waals surface area (Å²) in [5, 5.41) is 2.51. The van der Waals surface area contributed by atoms with Crippen LogP contribution < -0.4 is 11.3 Å². The first-order valence-corrected chi connectivity index (χ1v) is 13.7. The number of H-pyrrole nitrogens is 1. The van der Waals surface area contributed by atoms with Gasteiger partial charge in [-0.25, -0.2) is 0 Å². The first-order chi connectivity index (χ1) is 18.9. The number of carbonyl (C=O) groups excluding carboxylic acids is 1. The molecule has 1 unspecified atom stereocenters. The van der Waals surface area contributed by atoms with E-state index in [-0.39, 0.29) is 23.4 Å². The van der Waals surface area contributed by atoms with Gasteiger partial charge in [0.05, 0.1) is 6.04 Å². The van der Waals surface area contributed by atoms with Crippen LogP contribution in [-0.2, 0) is 6.42 Å². The van der Waals surface area contributed by atoms with E-state index in [0.717, 1.165) is 27.7 Å². The predicted octanol–water partition coefficient (Wildman–Crippen LogP) is 6.21. The van der Waals surface area contributed by atoms with Crippen molar-refractivity contribution in [3.05, 3.63) is 123 Å². The lowest BCUT2D eigenvalue weighted by molar-refractivity contribution is 0.0614. The van der Waals surface area contributed by atoms with Gasteiger partial charge in [-0.1, -0.05) is 80.0 Å². The van der Waals surface area contributed by atoms with Gasteiger partial charge in [0.2, 0.25) is 0 Å². The molecule has 0 aliphatic carbocycles. The number of nitrogens with one attached hydrogen (secondary N) is 1. The molecule has 0 bridgehead atoms. The first kappa shape index (κ1) is 26.7. The van der Waals surface area contributed by atoms with Gasteiger partial charge in [-0.05, 0) is 48.7 Å². The van der Waals surface area contributed by atoms with Gasteiger partial charge < -0.3 is 15.6 Å². The number of amides is 1. The second-order valence-electron chi connectivity index (χ2n) is 10.3. The molecule has 0 radical (unpaired) electrons. The topological polar surface area (TPSA) is 83.6 Å². The minimum atomic E-state index is -0.384. The molecular weight excluding hydrogens is 508 g/mol. The third-order valence-corrected chi connectivity index (χ3v) is 7.47. The van der Waals surface area contributed by atoms with E-state index in [2.05, 4.69) is 18.8 Å². The van der Waals surface area contributed by atoms with Crippen molar-refractivity contribution in [3.8, 4) is 0 Å². The van der Waals surface area contributed by atoms with Crippen LogP contribution in [0.25, 0.3) is 16.4 Å². The van der Waals surface area contributed by atoms with Crippen LogP contribution in [0.3, 0.4) is 0 Å². The highest BCUT2D eigenvalue weighted by atomic mass is 35.5. The van der Waals surface area contributed by atoms with Crippen LogP contribution in [0.1, 0.15) is 53.5 Å². The Morgan fingerprint density at radius 3 is 2.38 bits per heavy atom. The zero-order valence-corrected chi connectivity index (χ0v) is 23.0. The van der Waals surface area contributed by atoms with E-state index in [4.69, 9.17) is 17.3 Å². The van der Waals surface area contributed by atoms with Crippen LogP contribution in [0.5, 0.6) is 0 Å². The normalized spacial score (nSPS) is 12.3. The van der Waals surface area contributed by atoms with Crippen molar-refractivity contribution in [2.45, 2.75) is 32.7 Å². The Morgan fingerprint density at radius 1 is 1.00 bits per heavy atom. The lowest BCUT2D eigenvalue weighted by Gasteiger charge is -2.36. The standard InChI is InChI=1S/C32H33ClN4O2/c1-21(2)29(36(18-8-17-34)31(38)23-13-15-25(33)16-14-23)28-27(19-22-9-4-3-5-10-22)32(39)37-20-24-11-6-7-12-26(24)30(37)35-28/h3-7,9-16,20-21,29,35H,8,17-19,34H2,1-2H3. The smallest absolute Gasteiger partial charge is 0.261 e. The Morgan fingerprint density at radius 2 is 1.69 bits per heavy atom. The Balaban J connectivity index is 1.74. The summed E-state index contributed by atoms with van der Waals surface area (Å²) in [6, 6.07) is 24.5. The highest BCUT2D eigenvalue weighted by molar-refractivity contribution is 6.30. The number of hydrogen-bond donors (Lipinski definition) is 2. The Labute approximate surface area is 233 Å². The summed E-state index contributed by atoms with van der Waals surface area (Å²) < 4.78 is 1.70. The molecule has 0 fully saturated rings. The maximum atomic E-state index is 14.2. The lowest BCUT2D eigenvalue weighted by Crippen LogP contribution is -2.41. The minimum Gasteiger partial charge on any atom is -0.342 e. The molecule has 1 amide bonds. The number of rotatable bonds is 9. The maximum Gasteiger partial charge on any atom is 0.261 e. The molecule has 5 aromatic rings. The van der Waals surface area contributed by atoms with Gasteiger partial charge in [0.25, 0.3) is 11.5 Å². The van der Waals surface area contributed by atoms with Crippen molar-refractivity contribution in [1.29, 1.82) is 0 Å². The zero-order valence-electron chi connectivity index (χ0n) is 22.2. The molecule has 7 heteroatoms. The summed E-state index contributed by atoms with van der Waals surface area (Å²) in [4.78, 5) is 33.7. The van der Waals surface area contributed by atoms with Gasteiger partial charge in [0.1, 0.15) is 5.65 Å². The van der Waals surface area contributed by atoms with Gasteiger partial charge >= 0.3 is 0 Å². The molecule has 39 heavy (non-hydrogen) atoms. The van der Waals surface area contributed by atoms with Gasteiger partial charge in [-0.15, -0.1) is 0 Å². The molecule has 6 nitrogen and oxygen atoms in total. The van der Waals surface area contributed by atoms with Crippen molar-refractivity contribution < 1.29 is 4.79 Å². The second kappa shape index (κ2) is 11.5. The Bertz CT molecular complexity index is 1660. The molecule has 0 aliphatic rings. The van der Waals surface area contributed by atoms with Gasteiger partial charge in [-0.2, -0.15) is 0 Å². The monoisotopic (exact) mass is 540 g/mol. The van der Waals surface area contributed by atoms with E-state index in [1.165, 1.54) is 0 Å². The number of benzene rings is 3. The van der Waals surface area contributed by atoms with E-state index in [0.29, 0.717) is 42.1 Å². The van der Waals surface area contributed by atoms with Crippen LogP contribution >= 0.6 is 11.6 Å². The molecular formula is C32H33ClN4O2. The van der Waals surface area contributed by atoms with Gasteiger partial charge in [0, 0.05) is 51.8 Å². The van der Waals surface area contributed by atoms with Crippen molar-refractivity contribution >= 4 is 33.9 Å². The quantitative estimate of drug-likeness (QED) is 0.233.